The van der Waals surface area contributed by atoms with Crippen molar-refractivity contribution in [2.75, 3.05) is 7.11 Å². The summed E-state index contributed by atoms with van der Waals surface area (Å²) >= 11 is 0. The summed E-state index contributed by atoms with van der Waals surface area (Å²) in [7, 11) is 1.54. The molecule has 0 atom stereocenters. The number of methoxy groups -OCH3 is 1. The lowest BCUT2D eigenvalue weighted by molar-refractivity contribution is -0.754. The van der Waals surface area contributed by atoms with Crippen LogP contribution < -0.4 is 14.5 Å². The summed E-state index contributed by atoms with van der Waals surface area (Å²) in [6, 6.07) is 8.27. The van der Waals surface area contributed by atoms with E-state index in [-0.39, 0.29) is 5.88 Å². The largest absolute Gasteiger partial charge is 0.594 e. The van der Waals surface area contributed by atoms with Crippen molar-refractivity contribution in [3.05, 3.63) is 47.9 Å². The van der Waals surface area contributed by atoms with Crippen LogP contribution in [0.4, 0.5) is 5.88 Å². The van der Waals surface area contributed by atoms with Crippen LogP contribution in [0, 0.1) is 6.92 Å². The predicted octanol–water partition coefficient (Wildman–Crippen LogP) is 1.95. The SMILES string of the molecule is COc1ncc(-c2ccc(C[n+]3cc(/N=C(\[O-])OC(C)(C)C)on3)cc2)c(C)n1. The van der Waals surface area contributed by atoms with Crippen molar-refractivity contribution in [1.29, 1.82) is 0 Å². The molecule has 0 saturated heterocycles. The maximum atomic E-state index is 11.7. The van der Waals surface area contributed by atoms with E-state index < -0.39 is 11.7 Å². The Balaban J connectivity index is 1.69. The van der Waals surface area contributed by atoms with Gasteiger partial charge in [0.15, 0.2) is 6.08 Å². The smallest absolute Gasteiger partial charge is 0.323 e. The van der Waals surface area contributed by atoms with Crippen LogP contribution in [0.3, 0.4) is 0 Å². The van der Waals surface area contributed by atoms with Gasteiger partial charge in [-0.15, -0.1) is 0 Å². The Morgan fingerprint density at radius 3 is 2.59 bits per heavy atom. The Labute approximate surface area is 168 Å². The first-order valence-electron chi connectivity index (χ1n) is 9.01. The third-order valence-electron chi connectivity index (χ3n) is 3.84. The summed E-state index contributed by atoms with van der Waals surface area (Å²) in [5.74, 6) is 0.0851. The van der Waals surface area contributed by atoms with Gasteiger partial charge >= 0.3 is 11.9 Å². The zero-order chi connectivity index (χ0) is 21.0. The average Bonchev–Trinajstić information content (AvgIpc) is 3.07. The molecular formula is C20H23N5O4. The van der Waals surface area contributed by atoms with Gasteiger partial charge in [0, 0.05) is 22.9 Å². The molecule has 0 amide bonds. The maximum Gasteiger partial charge on any atom is 0.323 e. The summed E-state index contributed by atoms with van der Waals surface area (Å²) in [6.07, 6.45) is 2.56. The molecule has 2 heterocycles. The van der Waals surface area contributed by atoms with Crippen molar-refractivity contribution < 1.29 is 23.8 Å². The molecule has 0 saturated carbocycles. The molecule has 0 aliphatic heterocycles. The van der Waals surface area contributed by atoms with Crippen LogP contribution in [0.5, 0.6) is 6.01 Å². The molecule has 0 spiro atoms. The van der Waals surface area contributed by atoms with Gasteiger partial charge in [-0.3, -0.25) is 4.52 Å². The van der Waals surface area contributed by atoms with Gasteiger partial charge in [0.1, 0.15) is 0 Å². The zero-order valence-electron chi connectivity index (χ0n) is 17.0. The van der Waals surface area contributed by atoms with Crippen molar-refractivity contribution >= 4 is 12.0 Å². The van der Waals surface area contributed by atoms with E-state index >= 15 is 0 Å². The van der Waals surface area contributed by atoms with Gasteiger partial charge in [-0.05, 0) is 17.2 Å². The molecule has 3 aromatic rings. The maximum absolute atomic E-state index is 11.7. The molecule has 0 radical (unpaired) electrons. The molecule has 0 aliphatic rings. The summed E-state index contributed by atoms with van der Waals surface area (Å²) in [5.41, 5.74) is 3.15. The van der Waals surface area contributed by atoms with Gasteiger partial charge in [0.25, 0.3) is 6.20 Å². The summed E-state index contributed by atoms with van der Waals surface area (Å²) in [6.45, 7) is 7.68. The van der Waals surface area contributed by atoms with Crippen LogP contribution in [-0.2, 0) is 11.3 Å². The number of rotatable bonds is 5. The van der Waals surface area contributed by atoms with E-state index in [4.69, 9.17) is 14.0 Å². The van der Waals surface area contributed by atoms with Crippen molar-refractivity contribution in [2.24, 2.45) is 4.99 Å². The topological polar surface area (TPSA) is 110 Å². The normalized spacial score (nSPS) is 12.1. The van der Waals surface area contributed by atoms with E-state index in [1.807, 2.05) is 31.2 Å². The highest BCUT2D eigenvalue weighted by Crippen LogP contribution is 2.23. The monoisotopic (exact) mass is 397 g/mol. The molecular weight excluding hydrogens is 374 g/mol. The fourth-order valence-corrected chi connectivity index (χ4v) is 2.57. The second kappa shape index (κ2) is 8.26. The van der Waals surface area contributed by atoms with Crippen molar-refractivity contribution in [2.45, 2.75) is 39.8 Å². The molecule has 2 aromatic heterocycles. The van der Waals surface area contributed by atoms with Crippen LogP contribution in [0.25, 0.3) is 11.1 Å². The van der Waals surface area contributed by atoms with Crippen LogP contribution in [0.2, 0.25) is 0 Å². The van der Waals surface area contributed by atoms with Crippen molar-refractivity contribution in [3.8, 4) is 17.1 Å². The molecule has 152 valence electrons. The number of aryl methyl sites for hydroxylation is 1. The Kier molecular flexibility index (Phi) is 5.76. The van der Waals surface area contributed by atoms with Crippen molar-refractivity contribution in [1.82, 2.24) is 15.2 Å². The number of ether oxygens (including phenoxy) is 2. The summed E-state index contributed by atoms with van der Waals surface area (Å²) in [5, 5.41) is 15.6. The minimum absolute atomic E-state index is 0.0851. The molecule has 9 nitrogen and oxygen atoms in total. The molecule has 0 aliphatic carbocycles. The lowest BCUT2D eigenvalue weighted by Crippen LogP contribution is -2.35. The molecule has 29 heavy (non-hydrogen) atoms. The highest BCUT2D eigenvalue weighted by Gasteiger charge is 2.13. The first kappa shape index (κ1) is 20.2. The third-order valence-corrected chi connectivity index (χ3v) is 3.84. The number of nitrogens with zero attached hydrogens (tertiary/aromatic N) is 5. The van der Waals surface area contributed by atoms with E-state index in [1.54, 1.807) is 37.8 Å². The Morgan fingerprint density at radius 1 is 1.24 bits per heavy atom. The number of benzene rings is 1. The Hall–Kier alpha value is -3.49. The van der Waals surface area contributed by atoms with E-state index in [2.05, 4.69) is 20.2 Å². The summed E-state index contributed by atoms with van der Waals surface area (Å²) in [4.78, 5) is 12.2. The summed E-state index contributed by atoms with van der Waals surface area (Å²) < 4.78 is 16.8. The molecule has 3 rings (SSSR count). The van der Waals surface area contributed by atoms with Gasteiger partial charge < -0.3 is 14.6 Å². The molecule has 9 heteroatoms. The predicted molar refractivity (Wildman–Crippen MR) is 102 cm³/mol. The number of hydrogen-bond donors (Lipinski definition) is 0. The van der Waals surface area contributed by atoms with Gasteiger partial charge in [0.05, 0.1) is 12.8 Å². The number of aromatic nitrogens is 4. The molecule has 0 N–H and O–H groups in total. The van der Waals surface area contributed by atoms with E-state index in [0.717, 1.165) is 22.4 Å². The Bertz CT molecular complexity index is 1010. The fraction of sp³-hybridized carbons (Fsp3) is 0.350. The second-order valence-corrected chi connectivity index (χ2v) is 7.38. The Morgan fingerprint density at radius 2 is 1.97 bits per heavy atom. The first-order chi connectivity index (χ1) is 13.7. The molecule has 0 unspecified atom stereocenters. The fourth-order valence-electron chi connectivity index (χ4n) is 2.57. The van der Waals surface area contributed by atoms with Gasteiger partial charge in [0.2, 0.25) is 11.8 Å². The van der Waals surface area contributed by atoms with Gasteiger partial charge in [-0.2, -0.15) is 9.98 Å². The average molecular weight is 397 g/mol. The second-order valence-electron chi connectivity index (χ2n) is 7.38. The highest BCUT2D eigenvalue weighted by molar-refractivity contribution is 5.65. The standard InChI is InChI=1S/C20H23N5O4/c1-13-16(10-21-18(22-13)27-5)15-8-6-14(7-9-15)11-25-12-17(29-24-25)23-19(26)28-20(2,3)4/h6-10,12H,11H2,1-5H3. The van der Waals surface area contributed by atoms with E-state index in [9.17, 15) is 5.11 Å². The van der Waals surface area contributed by atoms with Gasteiger partial charge in [-0.1, -0.05) is 45.0 Å². The van der Waals surface area contributed by atoms with Crippen LogP contribution >= 0.6 is 0 Å². The molecule has 0 fully saturated rings. The minimum Gasteiger partial charge on any atom is -0.594 e. The van der Waals surface area contributed by atoms with Crippen LogP contribution in [-0.4, -0.2) is 34.0 Å². The third kappa shape index (κ3) is 5.50. The van der Waals surface area contributed by atoms with Crippen LogP contribution in [0.1, 0.15) is 32.0 Å². The van der Waals surface area contributed by atoms with Crippen molar-refractivity contribution in [3.63, 3.8) is 0 Å². The van der Waals surface area contributed by atoms with E-state index in [0.29, 0.717) is 12.6 Å². The number of aliphatic imine (C=N–C) groups is 1. The lowest BCUT2D eigenvalue weighted by atomic mass is 10.0. The quantitative estimate of drug-likeness (QED) is 0.368. The van der Waals surface area contributed by atoms with Crippen LogP contribution in [0.15, 0.2) is 46.2 Å². The highest BCUT2D eigenvalue weighted by atomic mass is 16.6. The minimum atomic E-state index is -0.720. The first-order valence-corrected chi connectivity index (χ1v) is 9.01. The lowest BCUT2D eigenvalue weighted by Gasteiger charge is -2.28. The molecule has 1 aromatic carbocycles. The van der Waals surface area contributed by atoms with E-state index in [1.165, 1.54) is 7.11 Å². The zero-order valence-corrected chi connectivity index (χ0v) is 17.0. The molecule has 0 bridgehead atoms. The van der Waals surface area contributed by atoms with Gasteiger partial charge in [-0.25, -0.2) is 4.98 Å². The number of hydrogen-bond acceptors (Lipinski definition) is 8.